The van der Waals surface area contributed by atoms with Crippen molar-refractivity contribution in [1.82, 2.24) is 5.43 Å². The Morgan fingerprint density at radius 3 is 3.00 bits per heavy atom. The maximum absolute atomic E-state index is 11.2. The summed E-state index contributed by atoms with van der Waals surface area (Å²) in [6.07, 6.45) is 1.60. The highest BCUT2D eigenvalue weighted by Crippen LogP contribution is 2.14. The Balaban J connectivity index is 2.71. The van der Waals surface area contributed by atoms with E-state index in [0.717, 1.165) is 10.9 Å². The van der Waals surface area contributed by atoms with Gasteiger partial charge in [-0.3, -0.25) is 0 Å². The fourth-order valence-electron chi connectivity index (χ4n) is 1.38. The Morgan fingerprint density at radius 2 is 2.20 bits per heavy atom. The molecule has 0 saturated heterocycles. The van der Waals surface area contributed by atoms with Crippen LogP contribution in [0.3, 0.4) is 0 Å². The second kappa shape index (κ2) is 3.96. The van der Waals surface area contributed by atoms with Gasteiger partial charge in [0.1, 0.15) is 5.58 Å². The number of benzene rings is 1. The fourth-order valence-corrected chi connectivity index (χ4v) is 1.38. The highest BCUT2D eigenvalue weighted by Gasteiger charge is 2.01. The van der Waals surface area contributed by atoms with E-state index in [1.807, 2.05) is 18.2 Å². The third kappa shape index (κ3) is 1.88. The van der Waals surface area contributed by atoms with Gasteiger partial charge in [-0.25, -0.2) is 4.79 Å². The number of nitrogens with zero attached hydrogens (tertiary/aromatic N) is 1. The highest BCUT2D eigenvalue weighted by molar-refractivity contribution is 5.96. The molecular formula is C11H10N2O2. The third-order valence-corrected chi connectivity index (χ3v) is 2.01. The second-order valence-electron chi connectivity index (χ2n) is 3.00. The molecule has 0 bridgehead atoms. The van der Waals surface area contributed by atoms with Gasteiger partial charge in [0.05, 0.1) is 6.21 Å². The van der Waals surface area contributed by atoms with E-state index in [-0.39, 0.29) is 5.63 Å². The van der Waals surface area contributed by atoms with Crippen LogP contribution in [0.4, 0.5) is 0 Å². The summed E-state index contributed by atoms with van der Waals surface area (Å²) in [5.74, 6) is 0. The molecule has 1 aromatic heterocycles. The van der Waals surface area contributed by atoms with Crippen molar-refractivity contribution in [2.24, 2.45) is 5.10 Å². The van der Waals surface area contributed by atoms with Gasteiger partial charge < -0.3 is 9.84 Å². The van der Waals surface area contributed by atoms with E-state index >= 15 is 0 Å². The molecule has 0 spiro atoms. The first kappa shape index (κ1) is 9.45. The zero-order valence-electron chi connectivity index (χ0n) is 8.23. The van der Waals surface area contributed by atoms with Crippen molar-refractivity contribution in [2.45, 2.75) is 0 Å². The van der Waals surface area contributed by atoms with Crippen molar-refractivity contribution < 1.29 is 4.42 Å². The number of rotatable bonds is 2. The van der Waals surface area contributed by atoms with Crippen LogP contribution in [-0.4, -0.2) is 13.3 Å². The normalized spacial score (nSPS) is 11.0. The van der Waals surface area contributed by atoms with Crippen molar-refractivity contribution in [3.05, 3.63) is 46.3 Å². The van der Waals surface area contributed by atoms with Gasteiger partial charge in [-0.05, 0) is 6.07 Å². The number of hydrogen-bond acceptors (Lipinski definition) is 4. The van der Waals surface area contributed by atoms with Gasteiger partial charge in [-0.2, -0.15) is 5.10 Å². The predicted octanol–water partition coefficient (Wildman–Crippen LogP) is 1.35. The molecule has 1 aromatic carbocycles. The van der Waals surface area contributed by atoms with Crippen LogP contribution in [-0.2, 0) is 0 Å². The molecule has 0 aliphatic rings. The van der Waals surface area contributed by atoms with E-state index in [1.54, 1.807) is 19.3 Å². The van der Waals surface area contributed by atoms with Gasteiger partial charge in [-0.1, -0.05) is 18.2 Å². The van der Waals surface area contributed by atoms with Crippen LogP contribution in [0, 0.1) is 0 Å². The monoisotopic (exact) mass is 202 g/mol. The molecular weight excluding hydrogens is 192 g/mol. The highest BCUT2D eigenvalue weighted by atomic mass is 16.4. The summed E-state index contributed by atoms with van der Waals surface area (Å²) >= 11 is 0. The molecule has 0 amide bonds. The minimum Gasteiger partial charge on any atom is -0.423 e. The molecule has 0 unspecified atom stereocenters. The molecule has 4 heteroatoms. The lowest BCUT2D eigenvalue weighted by atomic mass is 10.1. The lowest BCUT2D eigenvalue weighted by Gasteiger charge is -1.98. The standard InChI is InChI=1S/C11H10N2O2/c1-12-13-7-8-6-11(14)15-10-5-3-2-4-9(8)10/h2-7,12H,1H3/b13-7+. The summed E-state index contributed by atoms with van der Waals surface area (Å²) in [5.41, 5.74) is 3.59. The maximum Gasteiger partial charge on any atom is 0.336 e. The van der Waals surface area contributed by atoms with Crippen LogP contribution < -0.4 is 11.1 Å². The SMILES string of the molecule is CN/N=C/c1cc(=O)oc2ccccc12. The van der Waals surface area contributed by atoms with Crippen LogP contribution in [0.15, 0.2) is 44.6 Å². The number of fused-ring (bicyclic) bond motifs is 1. The lowest BCUT2D eigenvalue weighted by Crippen LogP contribution is -2.02. The molecule has 0 atom stereocenters. The van der Waals surface area contributed by atoms with E-state index in [2.05, 4.69) is 10.5 Å². The zero-order valence-corrected chi connectivity index (χ0v) is 8.23. The Hall–Kier alpha value is -2.10. The van der Waals surface area contributed by atoms with Crippen molar-refractivity contribution in [3.63, 3.8) is 0 Å². The zero-order chi connectivity index (χ0) is 10.7. The first-order chi connectivity index (χ1) is 7.31. The maximum atomic E-state index is 11.2. The summed E-state index contributed by atoms with van der Waals surface area (Å²) < 4.78 is 5.04. The Labute approximate surface area is 86.2 Å². The lowest BCUT2D eigenvalue weighted by molar-refractivity contribution is 0.561. The van der Waals surface area contributed by atoms with Gasteiger partial charge in [-0.15, -0.1) is 0 Å². The van der Waals surface area contributed by atoms with E-state index < -0.39 is 0 Å². The van der Waals surface area contributed by atoms with E-state index in [1.165, 1.54) is 6.07 Å². The van der Waals surface area contributed by atoms with E-state index in [4.69, 9.17) is 4.42 Å². The number of hydrogen-bond donors (Lipinski definition) is 1. The Morgan fingerprint density at radius 1 is 1.40 bits per heavy atom. The van der Waals surface area contributed by atoms with Crippen molar-refractivity contribution in [3.8, 4) is 0 Å². The molecule has 4 nitrogen and oxygen atoms in total. The third-order valence-electron chi connectivity index (χ3n) is 2.01. The largest absolute Gasteiger partial charge is 0.423 e. The average Bonchev–Trinajstić information content (AvgIpc) is 2.25. The van der Waals surface area contributed by atoms with Gasteiger partial charge in [0.15, 0.2) is 0 Å². The number of hydrazone groups is 1. The van der Waals surface area contributed by atoms with Crippen LogP contribution in [0.25, 0.3) is 11.0 Å². The minimum absolute atomic E-state index is 0.369. The Bertz CT molecular complexity index is 558. The number of para-hydroxylation sites is 1. The second-order valence-corrected chi connectivity index (χ2v) is 3.00. The smallest absolute Gasteiger partial charge is 0.336 e. The quantitative estimate of drug-likeness (QED) is 0.454. The molecule has 0 saturated carbocycles. The van der Waals surface area contributed by atoms with Gasteiger partial charge >= 0.3 is 5.63 Å². The summed E-state index contributed by atoms with van der Waals surface area (Å²) in [6.45, 7) is 0. The van der Waals surface area contributed by atoms with E-state index in [0.29, 0.717) is 5.58 Å². The average molecular weight is 202 g/mol. The van der Waals surface area contributed by atoms with Crippen molar-refractivity contribution in [2.75, 3.05) is 7.05 Å². The molecule has 0 aliphatic heterocycles. The van der Waals surface area contributed by atoms with Gasteiger partial charge in [0.2, 0.25) is 0 Å². The molecule has 2 rings (SSSR count). The summed E-state index contributed by atoms with van der Waals surface area (Å²) in [4.78, 5) is 11.2. The minimum atomic E-state index is -0.369. The molecule has 0 aliphatic carbocycles. The van der Waals surface area contributed by atoms with Crippen LogP contribution in [0.5, 0.6) is 0 Å². The number of nitrogens with one attached hydrogen (secondary N) is 1. The summed E-state index contributed by atoms with van der Waals surface area (Å²) in [5, 5.41) is 4.75. The topological polar surface area (TPSA) is 54.6 Å². The molecule has 2 aromatic rings. The van der Waals surface area contributed by atoms with Crippen LogP contribution in [0.1, 0.15) is 5.56 Å². The van der Waals surface area contributed by atoms with Gasteiger partial charge in [0.25, 0.3) is 0 Å². The first-order valence-electron chi connectivity index (χ1n) is 4.54. The predicted molar refractivity (Wildman–Crippen MR) is 59.1 cm³/mol. The van der Waals surface area contributed by atoms with Crippen LogP contribution >= 0.6 is 0 Å². The van der Waals surface area contributed by atoms with Crippen LogP contribution in [0.2, 0.25) is 0 Å². The molecule has 15 heavy (non-hydrogen) atoms. The summed E-state index contributed by atoms with van der Waals surface area (Å²) in [7, 11) is 1.70. The summed E-state index contributed by atoms with van der Waals surface area (Å²) in [6, 6.07) is 8.77. The van der Waals surface area contributed by atoms with E-state index in [9.17, 15) is 4.79 Å². The molecule has 0 fully saturated rings. The fraction of sp³-hybridized carbons (Fsp3) is 0.0909. The molecule has 76 valence electrons. The Kier molecular flexibility index (Phi) is 2.49. The first-order valence-corrected chi connectivity index (χ1v) is 4.54. The van der Waals surface area contributed by atoms with Crippen molar-refractivity contribution >= 4 is 17.2 Å². The van der Waals surface area contributed by atoms with Gasteiger partial charge in [0, 0.05) is 24.1 Å². The molecule has 0 radical (unpaired) electrons. The van der Waals surface area contributed by atoms with Crippen molar-refractivity contribution in [1.29, 1.82) is 0 Å². The molecule has 1 heterocycles. The molecule has 1 N–H and O–H groups in total.